The number of thiophene rings is 3. The molecule has 9 heteroatoms. The molecule has 0 radical (unpaired) electrons. The van der Waals surface area contributed by atoms with Crippen LogP contribution in [0.5, 0.6) is 0 Å². The van der Waals surface area contributed by atoms with E-state index in [-0.39, 0.29) is 0 Å². The highest BCUT2D eigenvalue weighted by Gasteiger charge is 2.28. The van der Waals surface area contributed by atoms with E-state index >= 15 is 0 Å². The Kier molecular flexibility index (Phi) is 21.1. The van der Waals surface area contributed by atoms with Gasteiger partial charge in [-0.25, -0.2) is 0 Å². The van der Waals surface area contributed by atoms with Gasteiger partial charge in [-0.15, -0.1) is 34.0 Å². The Morgan fingerprint density at radius 2 is 0.423 bits per heavy atom. The van der Waals surface area contributed by atoms with Crippen LogP contribution in [-0.2, 0) is 0 Å². The van der Waals surface area contributed by atoms with Gasteiger partial charge in [0.05, 0.1) is 22.7 Å². The molecule has 31 rings (SSSR count). The summed E-state index contributed by atoms with van der Waals surface area (Å²) in [5, 5.41) is 26.7. The molecule has 0 fully saturated rings. The molecule has 698 valence electrons. The second-order valence-corrected chi connectivity index (χ2v) is 41.6. The summed E-state index contributed by atoms with van der Waals surface area (Å²) in [5.74, 6) is 0. The maximum absolute atomic E-state index is 6.50. The Bertz CT molecular complexity index is 10700. The Balaban J connectivity index is 0.000000106. The van der Waals surface area contributed by atoms with Gasteiger partial charge >= 0.3 is 0 Å². The lowest BCUT2D eigenvalue weighted by Gasteiger charge is -2.28. The number of para-hydroxylation sites is 3. The van der Waals surface area contributed by atoms with Crippen LogP contribution in [0, 0.1) is 0 Å². The van der Waals surface area contributed by atoms with Crippen molar-refractivity contribution in [1.82, 2.24) is 0 Å². The second kappa shape index (κ2) is 36.2. The molecule has 0 amide bonds. The van der Waals surface area contributed by atoms with Crippen molar-refractivity contribution in [3.63, 3.8) is 0 Å². The van der Waals surface area contributed by atoms with E-state index in [1.54, 1.807) is 0 Å². The van der Waals surface area contributed by atoms with Crippen LogP contribution in [-0.4, -0.2) is 0 Å². The quantitative estimate of drug-likeness (QED) is 0.108. The molecule has 6 nitrogen and oxygen atoms in total. The molecule has 0 saturated heterocycles. The number of hydrogen-bond donors (Lipinski definition) is 0. The summed E-state index contributed by atoms with van der Waals surface area (Å²) in [6, 6.07) is 191. The molecule has 31 aromatic rings. The minimum atomic E-state index is 0.864. The van der Waals surface area contributed by atoms with Crippen LogP contribution in [0.3, 0.4) is 0 Å². The van der Waals surface area contributed by atoms with Crippen molar-refractivity contribution in [3.05, 3.63) is 528 Å². The number of anilines is 9. The van der Waals surface area contributed by atoms with Crippen molar-refractivity contribution in [2.24, 2.45) is 0 Å². The number of fused-ring (bicyclic) bond motifs is 23. The zero-order chi connectivity index (χ0) is 98.1. The molecule has 0 aliphatic carbocycles. The topological polar surface area (TPSA) is 49.1 Å². The minimum Gasteiger partial charge on any atom is -0.456 e. The molecule has 0 unspecified atom stereocenters. The highest BCUT2D eigenvalue weighted by atomic mass is 32.1. The molecular weight excluding hydrogens is 1870 g/mol. The number of rotatable bonds is 14. The van der Waals surface area contributed by atoms with Gasteiger partial charge in [0, 0.05) is 161 Å². The summed E-state index contributed by atoms with van der Waals surface area (Å²) in [6.07, 6.45) is 0. The third-order valence-corrected chi connectivity index (χ3v) is 33.2. The van der Waals surface area contributed by atoms with Crippen molar-refractivity contribution in [2.45, 2.75) is 0 Å². The summed E-state index contributed by atoms with van der Waals surface area (Å²) in [5.41, 5.74) is 27.1. The maximum Gasteiger partial charge on any atom is 0.137 e. The van der Waals surface area contributed by atoms with Crippen LogP contribution in [0.2, 0.25) is 0 Å². The van der Waals surface area contributed by atoms with E-state index in [1.807, 2.05) is 70.4 Å². The van der Waals surface area contributed by atoms with Gasteiger partial charge in [0.15, 0.2) is 0 Å². The van der Waals surface area contributed by atoms with Crippen LogP contribution in [0.1, 0.15) is 0 Å². The fraction of sp³-hybridized carbons (Fsp3) is 0. The van der Waals surface area contributed by atoms with Crippen LogP contribution >= 0.6 is 34.0 Å². The van der Waals surface area contributed by atoms with Gasteiger partial charge in [-0.1, -0.05) is 346 Å². The van der Waals surface area contributed by atoms with Crippen molar-refractivity contribution < 1.29 is 13.3 Å². The fourth-order valence-corrected chi connectivity index (χ4v) is 26.0. The van der Waals surface area contributed by atoms with Crippen LogP contribution in [0.25, 0.3) is 236 Å². The van der Waals surface area contributed by atoms with E-state index in [4.69, 9.17) is 13.3 Å². The second-order valence-electron chi connectivity index (χ2n) is 38.3. The third-order valence-electron chi connectivity index (χ3n) is 29.7. The maximum atomic E-state index is 6.50. The van der Waals surface area contributed by atoms with Crippen LogP contribution in [0.4, 0.5) is 51.2 Å². The molecule has 0 saturated carbocycles. The Morgan fingerprint density at radius 3 is 0.846 bits per heavy atom. The van der Waals surface area contributed by atoms with Gasteiger partial charge in [-0.2, -0.15) is 0 Å². The lowest BCUT2D eigenvalue weighted by molar-refractivity contribution is 0.668. The number of benzene rings is 25. The Morgan fingerprint density at radius 1 is 0.128 bits per heavy atom. The predicted molar refractivity (Wildman–Crippen MR) is 639 cm³/mol. The van der Waals surface area contributed by atoms with Crippen LogP contribution < -0.4 is 14.7 Å². The van der Waals surface area contributed by atoms with Gasteiger partial charge in [-0.05, 0) is 252 Å². The standard InChI is InChI=1S/C52H33NOS.2C44H27NOS/c1-3-13-34(14-4-1)37-29-38(35-15-5-2-6-16-35)31-40(30-37)53(39-24-25-45-44-19-9-11-21-49(44)54-50(45)33-39)48-27-26-41(42-17-7-8-18-43(42)48)36-23-28-52-47(32-36)46-20-10-12-22-51(46)55-52;1-2-12-32-28(10-1)11-9-17-39(32)45(30-21-22-36-35-15-5-7-18-41(35)46-42(36)27-30)40-24-23-31(33-13-3-4-14-34(33)40)29-20-25-44-38(26-29)37-16-6-8-19-43(37)47-44;1-2-10-29-25-31(19-17-28(29)9-1)45(32-20-21-37-36-13-5-7-15-41(36)46-42(37)27-32)40-23-22-33(34-11-3-4-12-35(34)40)30-18-24-44-39(26-30)38-14-6-8-16-43(38)47-44/h1-33H;2*1-27H. The first-order chi connectivity index (χ1) is 73.8. The van der Waals surface area contributed by atoms with E-state index in [9.17, 15) is 0 Å². The third kappa shape index (κ3) is 15.3. The SMILES string of the molecule is c1ccc(-c2cc(-c3ccccc3)cc(N(c3ccc4c(c3)oc3ccccc34)c3ccc(-c4ccc5sc6ccccc6c5c4)c4ccccc34)c2)cc1.c1ccc2c(N(c3ccc4c(c3)oc3ccccc34)c3ccc(-c4ccc5sc6ccccc6c5c4)c4ccccc34)cccc2c1.c1ccc2cc(N(c3ccc4c(c3)oc3ccccc34)c3ccc(-c4ccc5sc6ccccc6c5c4)c4ccccc34)ccc2c1. The summed E-state index contributed by atoms with van der Waals surface area (Å²) in [6.45, 7) is 0. The van der Waals surface area contributed by atoms with Crippen molar-refractivity contribution in [1.29, 1.82) is 0 Å². The van der Waals surface area contributed by atoms with E-state index < -0.39 is 0 Å². The summed E-state index contributed by atoms with van der Waals surface area (Å²) in [4.78, 5) is 7.19. The van der Waals surface area contributed by atoms with Crippen molar-refractivity contribution in [3.8, 4) is 55.6 Å². The molecule has 6 heterocycles. The molecule has 0 spiro atoms. The first-order valence-corrected chi connectivity index (χ1v) is 53.0. The van der Waals surface area contributed by atoms with Gasteiger partial charge in [0.2, 0.25) is 0 Å². The first kappa shape index (κ1) is 86.9. The Hall–Kier alpha value is -18.7. The highest BCUT2D eigenvalue weighted by molar-refractivity contribution is 7.26. The molecule has 0 aliphatic heterocycles. The smallest absolute Gasteiger partial charge is 0.137 e. The molecule has 6 aromatic heterocycles. The van der Waals surface area contributed by atoms with E-state index in [0.29, 0.717) is 0 Å². The summed E-state index contributed by atoms with van der Waals surface area (Å²) in [7, 11) is 0. The molecule has 149 heavy (non-hydrogen) atoms. The van der Waals surface area contributed by atoms with Gasteiger partial charge in [0.1, 0.15) is 33.5 Å². The highest BCUT2D eigenvalue weighted by Crippen LogP contribution is 2.53. The monoisotopic (exact) mass is 1950 g/mol. The normalized spacial score (nSPS) is 11.8. The van der Waals surface area contributed by atoms with E-state index in [0.717, 1.165) is 128 Å². The molecular formula is C140H87N3O3S3. The largest absolute Gasteiger partial charge is 0.456 e. The predicted octanol–water partition coefficient (Wildman–Crippen LogP) is 42.4. The lowest BCUT2D eigenvalue weighted by atomic mass is 9.94. The van der Waals surface area contributed by atoms with E-state index in [2.05, 4.69) is 506 Å². The van der Waals surface area contributed by atoms with Gasteiger partial charge in [-0.3, -0.25) is 0 Å². The molecule has 0 aliphatic rings. The summed E-state index contributed by atoms with van der Waals surface area (Å²) < 4.78 is 27.2. The number of nitrogens with zero attached hydrogens (tertiary/aromatic N) is 3. The van der Waals surface area contributed by atoms with Gasteiger partial charge in [0.25, 0.3) is 0 Å². The van der Waals surface area contributed by atoms with Crippen LogP contribution in [0.15, 0.2) is 541 Å². The van der Waals surface area contributed by atoms with Gasteiger partial charge < -0.3 is 28.0 Å². The Labute approximate surface area is 869 Å². The number of furan rings is 3. The van der Waals surface area contributed by atoms with E-state index in [1.165, 1.54) is 159 Å². The molecule has 0 N–H and O–H groups in total. The number of hydrogen-bond acceptors (Lipinski definition) is 9. The minimum absolute atomic E-state index is 0.864. The zero-order valence-corrected chi connectivity index (χ0v) is 83.0. The van der Waals surface area contributed by atoms with Crippen molar-refractivity contribution >= 4 is 265 Å². The average Bonchev–Trinajstić information content (AvgIpc) is 1.67. The fourth-order valence-electron chi connectivity index (χ4n) is 22.7. The summed E-state index contributed by atoms with van der Waals surface area (Å²) >= 11 is 5.58. The molecule has 0 bridgehead atoms. The van der Waals surface area contributed by atoms with Crippen molar-refractivity contribution in [2.75, 3.05) is 14.7 Å². The average molecular weight is 1960 g/mol. The molecule has 0 atom stereocenters. The first-order valence-electron chi connectivity index (χ1n) is 50.5. The molecule has 25 aromatic carbocycles. The lowest BCUT2D eigenvalue weighted by Crippen LogP contribution is -2.11. The zero-order valence-electron chi connectivity index (χ0n) is 80.5.